The normalized spacial score (nSPS) is 16.4. The van der Waals surface area contributed by atoms with E-state index in [-0.39, 0.29) is 0 Å². The first-order valence-corrected chi connectivity index (χ1v) is 5.51. The first-order chi connectivity index (χ1) is 8.36. The molecule has 6 nitrogen and oxygen atoms in total. The van der Waals surface area contributed by atoms with Gasteiger partial charge in [-0.1, -0.05) is 0 Å². The smallest absolute Gasteiger partial charge is 0.170 e. The molecule has 0 amide bonds. The van der Waals surface area contributed by atoms with Gasteiger partial charge in [0.15, 0.2) is 11.9 Å². The van der Waals surface area contributed by atoms with Crippen LogP contribution in [0.3, 0.4) is 0 Å². The molecular formula is C11H12N4O2. The molecule has 0 aromatic carbocycles. The Labute approximate surface area is 97.8 Å². The summed E-state index contributed by atoms with van der Waals surface area (Å²) in [7, 11) is 0. The van der Waals surface area contributed by atoms with E-state index in [0.717, 1.165) is 38.4 Å². The minimum absolute atomic E-state index is 0.400. The van der Waals surface area contributed by atoms with Gasteiger partial charge in [-0.3, -0.25) is 4.79 Å². The molecule has 0 atom stereocenters. The van der Waals surface area contributed by atoms with E-state index in [4.69, 9.17) is 4.74 Å². The van der Waals surface area contributed by atoms with Crippen LogP contribution in [0.1, 0.15) is 10.5 Å². The van der Waals surface area contributed by atoms with Crippen LogP contribution in [0.15, 0.2) is 18.3 Å². The van der Waals surface area contributed by atoms with Gasteiger partial charge in [-0.2, -0.15) is 0 Å². The lowest BCUT2D eigenvalue weighted by Crippen LogP contribution is -2.36. The van der Waals surface area contributed by atoms with Crippen molar-refractivity contribution in [2.24, 2.45) is 0 Å². The summed E-state index contributed by atoms with van der Waals surface area (Å²) in [5.74, 6) is 0.885. The number of aromatic nitrogens is 3. The number of imidazole rings is 1. The molecule has 0 aliphatic carbocycles. The monoisotopic (exact) mass is 232 g/mol. The molecule has 0 unspecified atom stereocenters. The molecular weight excluding hydrogens is 220 g/mol. The van der Waals surface area contributed by atoms with Gasteiger partial charge in [0, 0.05) is 13.1 Å². The maximum absolute atomic E-state index is 10.6. The van der Waals surface area contributed by atoms with Crippen LogP contribution in [0.25, 0.3) is 5.65 Å². The number of hydrogen-bond acceptors (Lipinski definition) is 5. The molecule has 88 valence electrons. The third-order valence-corrected chi connectivity index (χ3v) is 2.78. The van der Waals surface area contributed by atoms with Crippen LogP contribution >= 0.6 is 0 Å². The Bertz CT molecular complexity index is 545. The molecule has 2 aromatic rings. The van der Waals surface area contributed by atoms with E-state index in [0.29, 0.717) is 11.3 Å². The first kappa shape index (κ1) is 10.2. The average molecular weight is 232 g/mol. The number of nitrogens with zero attached hydrogens (tertiary/aromatic N) is 4. The third kappa shape index (κ3) is 1.87. The molecule has 3 heterocycles. The first-order valence-electron chi connectivity index (χ1n) is 5.51. The summed E-state index contributed by atoms with van der Waals surface area (Å²) in [6, 6.07) is 3.78. The van der Waals surface area contributed by atoms with Gasteiger partial charge in [-0.15, -0.1) is 5.10 Å². The molecule has 0 N–H and O–H groups in total. The number of ether oxygens (including phenoxy) is 1. The maximum Gasteiger partial charge on any atom is 0.170 e. The van der Waals surface area contributed by atoms with Crippen LogP contribution < -0.4 is 4.90 Å². The Morgan fingerprint density at radius 3 is 2.88 bits per heavy atom. The highest BCUT2D eigenvalue weighted by molar-refractivity contribution is 5.73. The van der Waals surface area contributed by atoms with Crippen molar-refractivity contribution in [2.45, 2.75) is 0 Å². The largest absolute Gasteiger partial charge is 0.378 e. The van der Waals surface area contributed by atoms with Gasteiger partial charge in [0.1, 0.15) is 11.5 Å². The third-order valence-electron chi connectivity index (χ3n) is 2.78. The van der Waals surface area contributed by atoms with Crippen LogP contribution in [-0.2, 0) is 4.74 Å². The van der Waals surface area contributed by atoms with Crippen LogP contribution in [0.4, 0.5) is 5.82 Å². The molecule has 0 bridgehead atoms. The predicted molar refractivity (Wildman–Crippen MR) is 61.4 cm³/mol. The van der Waals surface area contributed by atoms with Crippen LogP contribution in [0.5, 0.6) is 0 Å². The Morgan fingerprint density at radius 2 is 2.12 bits per heavy atom. The number of carbonyl (C=O) groups is 1. The predicted octanol–water partition coefficient (Wildman–Crippen LogP) is 0.378. The van der Waals surface area contributed by atoms with Crippen molar-refractivity contribution in [2.75, 3.05) is 31.2 Å². The second kappa shape index (κ2) is 4.14. The van der Waals surface area contributed by atoms with Gasteiger partial charge in [0.25, 0.3) is 0 Å². The highest BCUT2D eigenvalue weighted by Gasteiger charge is 2.13. The van der Waals surface area contributed by atoms with Crippen molar-refractivity contribution < 1.29 is 9.53 Å². The summed E-state index contributed by atoms with van der Waals surface area (Å²) in [4.78, 5) is 16.9. The van der Waals surface area contributed by atoms with E-state index < -0.39 is 0 Å². The van der Waals surface area contributed by atoms with E-state index in [1.165, 1.54) is 0 Å². The average Bonchev–Trinajstić information content (AvgIpc) is 2.81. The fourth-order valence-electron chi connectivity index (χ4n) is 1.91. The van der Waals surface area contributed by atoms with E-state index >= 15 is 0 Å². The van der Waals surface area contributed by atoms with E-state index in [1.807, 2.05) is 12.1 Å². The zero-order valence-electron chi connectivity index (χ0n) is 9.24. The molecule has 3 rings (SSSR count). The second-order valence-corrected chi connectivity index (χ2v) is 3.88. The Balaban J connectivity index is 1.97. The molecule has 1 saturated heterocycles. The van der Waals surface area contributed by atoms with E-state index in [2.05, 4.69) is 15.0 Å². The van der Waals surface area contributed by atoms with Crippen molar-refractivity contribution in [1.82, 2.24) is 14.6 Å². The molecule has 0 radical (unpaired) electrons. The fourth-order valence-corrected chi connectivity index (χ4v) is 1.91. The highest BCUT2D eigenvalue weighted by atomic mass is 16.5. The summed E-state index contributed by atoms with van der Waals surface area (Å²) < 4.78 is 6.93. The van der Waals surface area contributed by atoms with Gasteiger partial charge >= 0.3 is 0 Å². The van der Waals surface area contributed by atoms with Gasteiger partial charge in [0.05, 0.1) is 19.4 Å². The minimum Gasteiger partial charge on any atom is -0.378 e. The van der Waals surface area contributed by atoms with Gasteiger partial charge in [0.2, 0.25) is 0 Å². The van der Waals surface area contributed by atoms with E-state index in [1.54, 1.807) is 10.7 Å². The summed E-state index contributed by atoms with van der Waals surface area (Å²) in [6.07, 6.45) is 2.36. The Morgan fingerprint density at radius 1 is 1.29 bits per heavy atom. The molecule has 6 heteroatoms. The fraction of sp³-hybridized carbons (Fsp3) is 0.364. The number of carbonyl (C=O) groups excluding carboxylic acids is 1. The number of morpholine rings is 1. The number of anilines is 1. The number of aldehydes is 1. The second-order valence-electron chi connectivity index (χ2n) is 3.88. The van der Waals surface area contributed by atoms with Gasteiger partial charge in [-0.05, 0) is 12.1 Å². The summed E-state index contributed by atoms with van der Waals surface area (Å²) in [5.41, 5.74) is 1.08. The van der Waals surface area contributed by atoms with Gasteiger partial charge in [-0.25, -0.2) is 9.50 Å². The lowest BCUT2D eigenvalue weighted by atomic mass is 10.4. The Kier molecular flexibility index (Phi) is 2.49. The molecule has 1 aliphatic rings. The minimum atomic E-state index is 0.400. The van der Waals surface area contributed by atoms with Crippen molar-refractivity contribution in [3.05, 3.63) is 24.0 Å². The number of hydrogen-bond donors (Lipinski definition) is 0. The molecule has 1 aliphatic heterocycles. The topological polar surface area (TPSA) is 59.7 Å². The van der Waals surface area contributed by atoms with Crippen molar-refractivity contribution in [3.8, 4) is 0 Å². The maximum atomic E-state index is 10.6. The molecule has 0 spiro atoms. The lowest BCUT2D eigenvalue weighted by Gasteiger charge is -2.27. The summed E-state index contributed by atoms with van der Waals surface area (Å²) >= 11 is 0. The number of fused-ring (bicyclic) bond motifs is 1. The van der Waals surface area contributed by atoms with Crippen molar-refractivity contribution in [1.29, 1.82) is 0 Å². The van der Waals surface area contributed by atoms with Crippen molar-refractivity contribution >= 4 is 17.8 Å². The lowest BCUT2D eigenvalue weighted by molar-refractivity contribution is 0.111. The van der Waals surface area contributed by atoms with Crippen LogP contribution in [-0.4, -0.2) is 47.2 Å². The molecule has 2 aromatic heterocycles. The van der Waals surface area contributed by atoms with Crippen LogP contribution in [0, 0.1) is 0 Å². The quantitative estimate of drug-likeness (QED) is 0.700. The number of rotatable bonds is 2. The van der Waals surface area contributed by atoms with Crippen LogP contribution in [0.2, 0.25) is 0 Å². The summed E-state index contributed by atoms with van der Waals surface area (Å²) in [5, 5.41) is 4.43. The standard InChI is InChI=1S/C11H12N4O2/c16-8-9-7-15-10(12-9)1-2-11(13-15)14-3-5-17-6-4-14/h1-2,7-8H,3-6H2. The van der Waals surface area contributed by atoms with E-state index in [9.17, 15) is 4.79 Å². The highest BCUT2D eigenvalue weighted by Crippen LogP contribution is 2.13. The molecule has 1 fully saturated rings. The van der Waals surface area contributed by atoms with Crippen molar-refractivity contribution in [3.63, 3.8) is 0 Å². The summed E-state index contributed by atoms with van der Waals surface area (Å²) in [6.45, 7) is 3.13. The van der Waals surface area contributed by atoms with Gasteiger partial charge < -0.3 is 9.64 Å². The zero-order chi connectivity index (χ0) is 11.7. The SMILES string of the molecule is O=Cc1cn2nc(N3CCOCC3)ccc2n1. The Hall–Kier alpha value is -1.95. The zero-order valence-corrected chi connectivity index (χ0v) is 9.24. The molecule has 17 heavy (non-hydrogen) atoms. The molecule has 0 saturated carbocycles.